The monoisotopic (exact) mass is 216 g/mol. The summed E-state index contributed by atoms with van der Waals surface area (Å²) in [5.74, 6) is 0.433. The Bertz CT molecular complexity index is 357. The average Bonchev–Trinajstić information content (AvgIpc) is 2.89. The van der Waals surface area contributed by atoms with Gasteiger partial charge in [0, 0.05) is 12.1 Å². The Labute approximate surface area is 95.2 Å². The van der Waals surface area contributed by atoms with Gasteiger partial charge in [0.05, 0.1) is 6.20 Å². The van der Waals surface area contributed by atoms with E-state index < -0.39 is 0 Å². The van der Waals surface area contributed by atoms with Crippen molar-refractivity contribution in [1.29, 1.82) is 0 Å². The number of rotatable bonds is 2. The second-order valence-corrected chi connectivity index (χ2v) is 3.20. The van der Waals surface area contributed by atoms with Gasteiger partial charge < -0.3 is 5.73 Å². The molecule has 1 aliphatic rings. The zero-order chi connectivity index (χ0) is 11.6. The van der Waals surface area contributed by atoms with E-state index in [1.54, 1.807) is 18.6 Å². The molecule has 2 rings (SSSR count). The van der Waals surface area contributed by atoms with Crippen LogP contribution in [0.3, 0.4) is 0 Å². The molecule has 3 N–H and O–H groups in total. The fourth-order valence-electron chi connectivity index (χ4n) is 1.34. The van der Waals surface area contributed by atoms with Gasteiger partial charge in [-0.3, -0.25) is 5.10 Å². The average molecular weight is 216 g/mol. The van der Waals surface area contributed by atoms with Crippen molar-refractivity contribution >= 4 is 0 Å². The molecule has 0 spiro atoms. The SMILES string of the molecule is C=CCC1C=CC=CC1=CN.c1c[nH]nn1. The van der Waals surface area contributed by atoms with Crippen LogP contribution in [0, 0.1) is 5.92 Å². The van der Waals surface area contributed by atoms with Crippen molar-refractivity contribution in [3.05, 3.63) is 61.1 Å². The number of nitrogens with one attached hydrogen (secondary N) is 1. The third kappa shape index (κ3) is 3.96. The molecule has 0 saturated heterocycles. The topological polar surface area (TPSA) is 67.6 Å². The predicted octanol–water partition coefficient (Wildman–Crippen LogP) is 1.95. The maximum Gasteiger partial charge on any atom is 0.0690 e. The predicted molar refractivity (Wildman–Crippen MR) is 65.2 cm³/mol. The molecule has 0 saturated carbocycles. The first-order chi connectivity index (χ1) is 7.88. The fraction of sp³-hybridized carbons (Fsp3) is 0.167. The Hall–Kier alpha value is -2.10. The van der Waals surface area contributed by atoms with Crippen LogP contribution in [0.5, 0.6) is 0 Å². The third-order valence-corrected chi connectivity index (χ3v) is 2.12. The molecule has 0 bridgehead atoms. The van der Waals surface area contributed by atoms with Gasteiger partial charge in [-0.25, -0.2) is 0 Å². The Balaban J connectivity index is 0.000000212. The normalized spacial score (nSPS) is 20.2. The Morgan fingerprint density at radius 2 is 2.38 bits per heavy atom. The maximum atomic E-state index is 5.44. The highest BCUT2D eigenvalue weighted by Crippen LogP contribution is 2.21. The molecule has 1 aromatic heterocycles. The van der Waals surface area contributed by atoms with E-state index in [0.717, 1.165) is 6.42 Å². The number of nitrogens with two attached hydrogens (primary N) is 1. The van der Waals surface area contributed by atoms with Crippen molar-refractivity contribution in [3.8, 4) is 0 Å². The highest BCUT2D eigenvalue weighted by molar-refractivity contribution is 5.32. The molecule has 16 heavy (non-hydrogen) atoms. The van der Waals surface area contributed by atoms with Crippen molar-refractivity contribution in [2.24, 2.45) is 11.7 Å². The van der Waals surface area contributed by atoms with Gasteiger partial charge in [0.15, 0.2) is 0 Å². The lowest BCUT2D eigenvalue weighted by Gasteiger charge is -2.13. The smallest absolute Gasteiger partial charge is 0.0690 e. The number of H-pyrrole nitrogens is 1. The lowest BCUT2D eigenvalue weighted by atomic mass is 9.92. The molecule has 0 fully saturated rings. The lowest BCUT2D eigenvalue weighted by Crippen LogP contribution is -2.02. The van der Waals surface area contributed by atoms with Crippen LogP contribution in [0.4, 0.5) is 0 Å². The molecule has 0 aromatic carbocycles. The second-order valence-electron chi connectivity index (χ2n) is 3.20. The minimum absolute atomic E-state index is 0.433. The van der Waals surface area contributed by atoms with E-state index >= 15 is 0 Å². The number of allylic oxidation sites excluding steroid dienone is 6. The van der Waals surface area contributed by atoms with Crippen LogP contribution in [0.15, 0.2) is 61.1 Å². The van der Waals surface area contributed by atoms with Gasteiger partial charge >= 0.3 is 0 Å². The van der Waals surface area contributed by atoms with Gasteiger partial charge in [0.2, 0.25) is 0 Å². The zero-order valence-electron chi connectivity index (χ0n) is 9.08. The van der Waals surface area contributed by atoms with Crippen molar-refractivity contribution < 1.29 is 0 Å². The summed E-state index contributed by atoms with van der Waals surface area (Å²) in [6.07, 6.45) is 16.0. The molecule has 0 aliphatic heterocycles. The first kappa shape index (κ1) is 12.0. The number of aromatic nitrogens is 3. The van der Waals surface area contributed by atoms with Crippen LogP contribution < -0.4 is 5.73 Å². The summed E-state index contributed by atoms with van der Waals surface area (Å²) in [5.41, 5.74) is 6.62. The standard InChI is InChI=1S/C10H13N.C2H3N3/c1-2-5-9-6-3-4-7-10(9)8-11;1-2-4-5-3-1/h2-4,6-9H,1,5,11H2;1-2H,(H,3,4,5). The molecule has 0 radical (unpaired) electrons. The van der Waals surface area contributed by atoms with E-state index in [2.05, 4.69) is 28.1 Å². The molecule has 1 aliphatic carbocycles. The molecular weight excluding hydrogens is 200 g/mol. The highest BCUT2D eigenvalue weighted by atomic mass is 15.3. The number of aromatic amines is 1. The van der Waals surface area contributed by atoms with E-state index in [9.17, 15) is 0 Å². The summed E-state index contributed by atoms with van der Waals surface area (Å²) in [7, 11) is 0. The van der Waals surface area contributed by atoms with E-state index in [1.165, 1.54) is 5.57 Å². The molecule has 1 atom stereocenters. The highest BCUT2D eigenvalue weighted by Gasteiger charge is 2.07. The first-order valence-electron chi connectivity index (χ1n) is 5.06. The van der Waals surface area contributed by atoms with E-state index in [4.69, 9.17) is 5.73 Å². The van der Waals surface area contributed by atoms with Gasteiger partial charge in [0.1, 0.15) is 0 Å². The largest absolute Gasteiger partial charge is 0.404 e. The van der Waals surface area contributed by atoms with E-state index in [0.29, 0.717) is 5.92 Å². The third-order valence-electron chi connectivity index (χ3n) is 2.12. The molecule has 1 heterocycles. The molecule has 4 nitrogen and oxygen atoms in total. The summed E-state index contributed by atoms with van der Waals surface area (Å²) < 4.78 is 0. The Morgan fingerprint density at radius 3 is 2.88 bits per heavy atom. The second kappa shape index (κ2) is 7.23. The summed E-state index contributed by atoms with van der Waals surface area (Å²) >= 11 is 0. The fourth-order valence-corrected chi connectivity index (χ4v) is 1.34. The van der Waals surface area contributed by atoms with Crippen molar-refractivity contribution in [2.45, 2.75) is 6.42 Å². The Kier molecular flexibility index (Phi) is 5.41. The van der Waals surface area contributed by atoms with Crippen LogP contribution in [0.1, 0.15) is 6.42 Å². The van der Waals surface area contributed by atoms with Crippen LogP contribution in [0.25, 0.3) is 0 Å². The zero-order valence-corrected chi connectivity index (χ0v) is 9.08. The number of nitrogens with zero attached hydrogens (tertiary/aromatic N) is 2. The van der Waals surface area contributed by atoms with Gasteiger partial charge in [-0.05, 0) is 18.2 Å². The molecule has 1 unspecified atom stereocenters. The molecule has 1 aromatic rings. The van der Waals surface area contributed by atoms with Crippen molar-refractivity contribution in [3.63, 3.8) is 0 Å². The summed E-state index contributed by atoms with van der Waals surface area (Å²) in [4.78, 5) is 0. The van der Waals surface area contributed by atoms with E-state index in [1.807, 2.05) is 24.3 Å². The molecular formula is C12H16N4. The lowest BCUT2D eigenvalue weighted by molar-refractivity contribution is 0.788. The van der Waals surface area contributed by atoms with Gasteiger partial charge in [-0.1, -0.05) is 35.6 Å². The van der Waals surface area contributed by atoms with E-state index in [-0.39, 0.29) is 0 Å². The van der Waals surface area contributed by atoms with Gasteiger partial charge in [-0.15, -0.1) is 11.7 Å². The molecule has 0 amide bonds. The number of hydrogen-bond acceptors (Lipinski definition) is 3. The minimum Gasteiger partial charge on any atom is -0.404 e. The van der Waals surface area contributed by atoms with Gasteiger partial charge in [-0.2, -0.15) is 0 Å². The summed E-state index contributed by atoms with van der Waals surface area (Å²) in [5, 5.41) is 9.26. The first-order valence-corrected chi connectivity index (χ1v) is 5.06. The summed E-state index contributed by atoms with van der Waals surface area (Å²) in [6, 6.07) is 0. The quantitative estimate of drug-likeness (QED) is 0.742. The van der Waals surface area contributed by atoms with Crippen LogP contribution in [-0.4, -0.2) is 15.4 Å². The summed E-state index contributed by atoms with van der Waals surface area (Å²) in [6.45, 7) is 3.70. The van der Waals surface area contributed by atoms with Crippen molar-refractivity contribution in [2.75, 3.05) is 0 Å². The maximum absolute atomic E-state index is 5.44. The van der Waals surface area contributed by atoms with Crippen molar-refractivity contribution in [1.82, 2.24) is 15.4 Å². The van der Waals surface area contributed by atoms with Gasteiger partial charge in [0.25, 0.3) is 0 Å². The van der Waals surface area contributed by atoms with Crippen LogP contribution in [0.2, 0.25) is 0 Å². The minimum atomic E-state index is 0.433. The van der Waals surface area contributed by atoms with Crippen LogP contribution >= 0.6 is 0 Å². The molecule has 4 heteroatoms. The van der Waals surface area contributed by atoms with Crippen LogP contribution in [-0.2, 0) is 0 Å². The number of hydrogen-bond donors (Lipinski definition) is 2. The molecule has 84 valence electrons. The Morgan fingerprint density at radius 1 is 1.50 bits per heavy atom.